The van der Waals surface area contributed by atoms with E-state index in [4.69, 9.17) is 17.4 Å². The molecule has 4 heteroatoms. The lowest BCUT2D eigenvalue weighted by Gasteiger charge is -2.13. The molecule has 3 N–H and O–H groups in total. The van der Waals surface area contributed by atoms with Gasteiger partial charge >= 0.3 is 0 Å². The first-order valence-corrected chi connectivity index (χ1v) is 5.98. The normalized spacial score (nSPS) is 11.2. The first kappa shape index (κ1) is 12.1. The van der Waals surface area contributed by atoms with Crippen LogP contribution in [0.5, 0.6) is 0 Å². The molecule has 2 aromatic rings. The number of aromatic nitrogens is 1. The molecule has 0 bridgehead atoms. The molecule has 1 aromatic carbocycles. The summed E-state index contributed by atoms with van der Waals surface area (Å²) in [5, 5.41) is 1.71. The van der Waals surface area contributed by atoms with Gasteiger partial charge in [0.05, 0.1) is 10.5 Å². The zero-order chi connectivity index (χ0) is 12.6. The maximum absolute atomic E-state index is 6.19. The molecule has 0 amide bonds. The molecule has 2 rings (SSSR count). The second-order valence-electron chi connectivity index (χ2n) is 4.54. The zero-order valence-corrected chi connectivity index (χ0v) is 11.0. The van der Waals surface area contributed by atoms with Gasteiger partial charge in [-0.2, -0.15) is 0 Å². The second-order valence-corrected chi connectivity index (χ2v) is 4.95. The number of anilines is 1. The highest BCUT2D eigenvalue weighted by Crippen LogP contribution is 2.30. The zero-order valence-electron chi connectivity index (χ0n) is 10.2. The number of hydrazine groups is 1. The van der Waals surface area contributed by atoms with E-state index in [1.807, 2.05) is 13.0 Å². The summed E-state index contributed by atoms with van der Waals surface area (Å²) in [5.41, 5.74) is 5.66. The van der Waals surface area contributed by atoms with Crippen molar-refractivity contribution >= 4 is 28.3 Å². The molecule has 17 heavy (non-hydrogen) atoms. The SMILES string of the molecule is Cc1cc(Cl)c2nc(NN)c(C(C)C)cc2c1. The van der Waals surface area contributed by atoms with Gasteiger partial charge in [0, 0.05) is 5.39 Å². The number of pyridine rings is 1. The smallest absolute Gasteiger partial charge is 0.144 e. The molecule has 0 aliphatic heterocycles. The highest BCUT2D eigenvalue weighted by atomic mass is 35.5. The van der Waals surface area contributed by atoms with Gasteiger partial charge in [-0.3, -0.25) is 0 Å². The number of aryl methyl sites for hydroxylation is 1. The Morgan fingerprint density at radius 1 is 1.29 bits per heavy atom. The van der Waals surface area contributed by atoms with Crippen molar-refractivity contribution in [2.45, 2.75) is 26.7 Å². The van der Waals surface area contributed by atoms with Gasteiger partial charge in [0.1, 0.15) is 5.82 Å². The molecule has 0 saturated carbocycles. The number of nitrogens with zero attached hydrogens (tertiary/aromatic N) is 1. The summed E-state index contributed by atoms with van der Waals surface area (Å²) in [6, 6.07) is 6.09. The molecule has 0 saturated heterocycles. The number of rotatable bonds is 2. The molecule has 0 fully saturated rings. The van der Waals surface area contributed by atoms with Crippen LogP contribution in [0.15, 0.2) is 18.2 Å². The summed E-state index contributed by atoms with van der Waals surface area (Å²) < 4.78 is 0. The van der Waals surface area contributed by atoms with Crippen molar-refractivity contribution in [1.82, 2.24) is 4.98 Å². The molecule has 0 atom stereocenters. The van der Waals surface area contributed by atoms with Gasteiger partial charge in [0.25, 0.3) is 0 Å². The van der Waals surface area contributed by atoms with Gasteiger partial charge in [-0.1, -0.05) is 25.4 Å². The molecular formula is C13H16ClN3. The van der Waals surface area contributed by atoms with Crippen molar-refractivity contribution in [3.63, 3.8) is 0 Å². The van der Waals surface area contributed by atoms with Gasteiger partial charge in [-0.05, 0) is 42.2 Å². The molecule has 1 heterocycles. The summed E-state index contributed by atoms with van der Waals surface area (Å²) in [6.07, 6.45) is 0. The number of benzene rings is 1. The number of nitrogens with one attached hydrogen (secondary N) is 1. The van der Waals surface area contributed by atoms with Gasteiger partial charge < -0.3 is 5.43 Å². The molecule has 0 aliphatic carbocycles. The number of nitrogens with two attached hydrogens (primary N) is 1. The van der Waals surface area contributed by atoms with Crippen LogP contribution < -0.4 is 11.3 Å². The third kappa shape index (κ3) is 2.21. The minimum Gasteiger partial charge on any atom is -0.308 e. The predicted molar refractivity (Wildman–Crippen MR) is 73.4 cm³/mol. The van der Waals surface area contributed by atoms with Crippen LogP contribution in [0.4, 0.5) is 5.82 Å². The first-order chi connectivity index (χ1) is 8.02. The van der Waals surface area contributed by atoms with Gasteiger partial charge in [0.15, 0.2) is 0 Å². The number of fused-ring (bicyclic) bond motifs is 1. The van der Waals surface area contributed by atoms with Crippen LogP contribution in [0.2, 0.25) is 5.02 Å². The Morgan fingerprint density at radius 3 is 2.59 bits per heavy atom. The Balaban J connectivity index is 2.78. The Morgan fingerprint density at radius 2 is 2.00 bits per heavy atom. The van der Waals surface area contributed by atoms with Crippen LogP contribution in [-0.2, 0) is 0 Å². The van der Waals surface area contributed by atoms with E-state index in [9.17, 15) is 0 Å². The molecule has 3 nitrogen and oxygen atoms in total. The summed E-state index contributed by atoms with van der Waals surface area (Å²) >= 11 is 6.19. The van der Waals surface area contributed by atoms with E-state index in [1.165, 1.54) is 0 Å². The van der Waals surface area contributed by atoms with Crippen LogP contribution in [-0.4, -0.2) is 4.98 Å². The summed E-state index contributed by atoms with van der Waals surface area (Å²) in [4.78, 5) is 4.49. The van der Waals surface area contributed by atoms with Gasteiger partial charge in [-0.25, -0.2) is 10.8 Å². The molecule has 1 aromatic heterocycles. The fraction of sp³-hybridized carbons (Fsp3) is 0.308. The van der Waals surface area contributed by atoms with Crippen LogP contribution in [0.1, 0.15) is 30.9 Å². The first-order valence-electron chi connectivity index (χ1n) is 5.60. The Hall–Kier alpha value is -1.32. The van der Waals surface area contributed by atoms with Crippen molar-refractivity contribution in [2.24, 2.45) is 5.84 Å². The number of hydrogen-bond acceptors (Lipinski definition) is 3. The van der Waals surface area contributed by atoms with Crippen molar-refractivity contribution in [2.75, 3.05) is 5.43 Å². The van der Waals surface area contributed by atoms with E-state index in [0.29, 0.717) is 16.8 Å². The fourth-order valence-corrected chi connectivity index (χ4v) is 2.28. The Labute approximate surface area is 106 Å². The standard InChI is InChI=1S/C13H16ClN3/c1-7(2)10-6-9-4-8(3)5-11(14)12(9)16-13(10)17-15/h4-7H,15H2,1-3H3,(H,16,17). The van der Waals surface area contributed by atoms with Crippen LogP contribution in [0, 0.1) is 6.92 Å². The van der Waals surface area contributed by atoms with Crippen molar-refractivity contribution in [1.29, 1.82) is 0 Å². The lowest BCUT2D eigenvalue weighted by atomic mass is 10.0. The maximum atomic E-state index is 6.19. The van der Waals surface area contributed by atoms with E-state index in [0.717, 1.165) is 22.0 Å². The summed E-state index contributed by atoms with van der Waals surface area (Å²) in [5.74, 6) is 6.56. The maximum Gasteiger partial charge on any atom is 0.144 e. The summed E-state index contributed by atoms with van der Waals surface area (Å²) in [6.45, 7) is 6.25. The highest BCUT2D eigenvalue weighted by Gasteiger charge is 2.11. The van der Waals surface area contributed by atoms with E-state index in [2.05, 4.69) is 36.4 Å². The third-order valence-electron chi connectivity index (χ3n) is 2.80. The molecular weight excluding hydrogens is 234 g/mol. The molecule has 0 spiro atoms. The number of hydrogen-bond donors (Lipinski definition) is 2. The van der Waals surface area contributed by atoms with E-state index >= 15 is 0 Å². The van der Waals surface area contributed by atoms with Crippen molar-refractivity contribution in [3.05, 3.63) is 34.3 Å². The van der Waals surface area contributed by atoms with E-state index in [1.54, 1.807) is 0 Å². The van der Waals surface area contributed by atoms with Crippen LogP contribution >= 0.6 is 11.6 Å². The number of halogens is 1. The predicted octanol–water partition coefficient (Wildman–Crippen LogP) is 3.61. The van der Waals surface area contributed by atoms with Gasteiger partial charge in [-0.15, -0.1) is 0 Å². The van der Waals surface area contributed by atoms with Crippen LogP contribution in [0.3, 0.4) is 0 Å². The largest absolute Gasteiger partial charge is 0.308 e. The minimum atomic E-state index is 0.359. The lowest BCUT2D eigenvalue weighted by Crippen LogP contribution is -2.12. The topological polar surface area (TPSA) is 50.9 Å². The second kappa shape index (κ2) is 4.51. The van der Waals surface area contributed by atoms with Gasteiger partial charge in [0.2, 0.25) is 0 Å². The number of nitrogen functional groups attached to an aromatic ring is 1. The third-order valence-corrected chi connectivity index (χ3v) is 3.09. The highest BCUT2D eigenvalue weighted by molar-refractivity contribution is 6.35. The summed E-state index contributed by atoms with van der Waals surface area (Å²) in [7, 11) is 0. The average molecular weight is 250 g/mol. The molecule has 0 radical (unpaired) electrons. The fourth-order valence-electron chi connectivity index (χ4n) is 1.96. The van der Waals surface area contributed by atoms with Crippen molar-refractivity contribution in [3.8, 4) is 0 Å². The molecule has 0 aliphatic rings. The monoisotopic (exact) mass is 249 g/mol. The van der Waals surface area contributed by atoms with E-state index in [-0.39, 0.29) is 0 Å². The quantitative estimate of drug-likeness (QED) is 0.632. The van der Waals surface area contributed by atoms with Crippen LogP contribution in [0.25, 0.3) is 10.9 Å². The minimum absolute atomic E-state index is 0.359. The van der Waals surface area contributed by atoms with E-state index < -0.39 is 0 Å². The Bertz CT molecular complexity index is 564. The lowest BCUT2D eigenvalue weighted by molar-refractivity contribution is 0.862. The average Bonchev–Trinajstić information content (AvgIpc) is 2.27. The Kier molecular flexibility index (Phi) is 3.22. The molecule has 0 unspecified atom stereocenters. The van der Waals surface area contributed by atoms with Crippen molar-refractivity contribution < 1.29 is 0 Å². The molecule has 90 valence electrons.